The summed E-state index contributed by atoms with van der Waals surface area (Å²) in [6.07, 6.45) is 8.17. The number of fused-ring (bicyclic) bond motifs is 1. The molecule has 0 saturated carbocycles. The molecule has 0 saturated heterocycles. The first-order valence-electron chi connectivity index (χ1n) is 6.85. The molecule has 1 unspecified atom stereocenters. The van der Waals surface area contributed by atoms with Crippen LogP contribution in [0.5, 0.6) is 0 Å². The lowest BCUT2D eigenvalue weighted by atomic mass is 9.73. The van der Waals surface area contributed by atoms with E-state index >= 15 is 0 Å². The highest BCUT2D eigenvalue weighted by molar-refractivity contribution is 5.93. The van der Waals surface area contributed by atoms with Gasteiger partial charge in [0.15, 0.2) is 0 Å². The first kappa shape index (κ1) is 12.4. The van der Waals surface area contributed by atoms with E-state index in [1.165, 1.54) is 21.9 Å². The summed E-state index contributed by atoms with van der Waals surface area (Å²) in [6, 6.07) is 8.67. The lowest BCUT2D eigenvalue weighted by molar-refractivity contribution is 0.319. The number of hydrogen-bond acceptors (Lipinski definition) is 2. The van der Waals surface area contributed by atoms with Gasteiger partial charge in [0.1, 0.15) is 0 Å². The van der Waals surface area contributed by atoms with Crippen LogP contribution in [0.1, 0.15) is 32.3 Å². The Balaban J connectivity index is 2.14. The lowest BCUT2D eigenvalue weighted by Crippen LogP contribution is -2.30. The zero-order valence-corrected chi connectivity index (χ0v) is 11.6. The van der Waals surface area contributed by atoms with Gasteiger partial charge in [-0.1, -0.05) is 38.1 Å². The normalized spacial score (nSPS) is 22.3. The largest absolute Gasteiger partial charge is 0.324 e. The van der Waals surface area contributed by atoms with Gasteiger partial charge in [0.2, 0.25) is 0 Å². The average molecular weight is 252 g/mol. The molecule has 98 valence electrons. The first-order chi connectivity index (χ1) is 9.05. The minimum atomic E-state index is 0.163. The lowest BCUT2D eigenvalue weighted by Gasteiger charge is -2.33. The molecule has 1 aromatic carbocycles. The predicted molar refractivity (Wildman–Crippen MR) is 80.7 cm³/mol. The highest BCUT2D eigenvalue weighted by Gasteiger charge is 2.27. The van der Waals surface area contributed by atoms with Crippen molar-refractivity contribution in [1.29, 1.82) is 0 Å². The average Bonchev–Trinajstić information content (AvgIpc) is 2.35. The third-order valence-electron chi connectivity index (χ3n) is 3.90. The van der Waals surface area contributed by atoms with Crippen LogP contribution in [0.25, 0.3) is 16.3 Å². The molecule has 1 aliphatic rings. The second-order valence-electron chi connectivity index (χ2n) is 6.30. The molecule has 0 fully saturated rings. The summed E-state index contributed by atoms with van der Waals surface area (Å²) in [4.78, 5) is 4.20. The summed E-state index contributed by atoms with van der Waals surface area (Å²) >= 11 is 0. The van der Waals surface area contributed by atoms with E-state index in [1.807, 2.05) is 12.4 Å². The van der Waals surface area contributed by atoms with E-state index in [4.69, 9.17) is 5.73 Å². The quantitative estimate of drug-likeness (QED) is 0.839. The molecule has 1 atom stereocenters. The van der Waals surface area contributed by atoms with Crippen molar-refractivity contribution in [2.24, 2.45) is 11.1 Å². The maximum atomic E-state index is 6.19. The molecule has 1 aliphatic carbocycles. The van der Waals surface area contributed by atoms with Gasteiger partial charge in [-0.3, -0.25) is 4.98 Å². The number of rotatable bonds is 1. The standard InChI is InChI=1S/C17H20N2/c1-17(2)9-13(8-14(18)10-17)15-5-3-4-12-11-19-7-6-16(12)15/h3-8,11,14H,9-10,18H2,1-2H3. The molecule has 2 heteroatoms. The van der Waals surface area contributed by atoms with Crippen LogP contribution in [0.15, 0.2) is 42.7 Å². The molecule has 3 rings (SSSR count). The maximum Gasteiger partial charge on any atom is 0.0346 e. The van der Waals surface area contributed by atoms with E-state index < -0.39 is 0 Å². The van der Waals surface area contributed by atoms with Crippen LogP contribution in [0.4, 0.5) is 0 Å². The second-order valence-corrected chi connectivity index (χ2v) is 6.30. The predicted octanol–water partition coefficient (Wildman–Crippen LogP) is 3.77. The number of benzene rings is 1. The van der Waals surface area contributed by atoms with E-state index in [2.05, 4.69) is 49.2 Å². The molecule has 0 radical (unpaired) electrons. The highest BCUT2D eigenvalue weighted by Crippen LogP contribution is 2.40. The van der Waals surface area contributed by atoms with Crippen molar-refractivity contribution in [3.8, 4) is 0 Å². The molecule has 0 bridgehead atoms. The van der Waals surface area contributed by atoms with Crippen molar-refractivity contribution in [2.75, 3.05) is 0 Å². The van der Waals surface area contributed by atoms with Gasteiger partial charge in [-0.15, -0.1) is 0 Å². The zero-order chi connectivity index (χ0) is 13.5. The van der Waals surface area contributed by atoms with Crippen LogP contribution in [-0.4, -0.2) is 11.0 Å². The fourth-order valence-corrected chi connectivity index (χ4v) is 3.19. The van der Waals surface area contributed by atoms with Crippen LogP contribution in [0.2, 0.25) is 0 Å². The Labute approximate surface area is 114 Å². The van der Waals surface area contributed by atoms with E-state index in [9.17, 15) is 0 Å². The minimum absolute atomic E-state index is 0.163. The molecule has 2 N–H and O–H groups in total. The van der Waals surface area contributed by atoms with Crippen LogP contribution in [0, 0.1) is 5.41 Å². The first-order valence-corrected chi connectivity index (χ1v) is 6.85. The van der Waals surface area contributed by atoms with Gasteiger partial charge in [-0.05, 0) is 40.8 Å². The fourth-order valence-electron chi connectivity index (χ4n) is 3.19. The Kier molecular flexibility index (Phi) is 2.90. The number of allylic oxidation sites excluding steroid dienone is 1. The molecule has 0 amide bonds. The van der Waals surface area contributed by atoms with E-state index in [0.717, 1.165) is 12.8 Å². The van der Waals surface area contributed by atoms with Gasteiger partial charge in [0.05, 0.1) is 0 Å². The second kappa shape index (κ2) is 4.46. The van der Waals surface area contributed by atoms with Gasteiger partial charge in [-0.25, -0.2) is 0 Å². The summed E-state index contributed by atoms with van der Waals surface area (Å²) in [5, 5.41) is 2.46. The van der Waals surface area contributed by atoms with Crippen molar-refractivity contribution in [2.45, 2.75) is 32.7 Å². The number of hydrogen-bond donors (Lipinski definition) is 1. The maximum absolute atomic E-state index is 6.19. The van der Waals surface area contributed by atoms with Crippen molar-refractivity contribution in [3.63, 3.8) is 0 Å². The highest BCUT2D eigenvalue weighted by atomic mass is 14.6. The van der Waals surface area contributed by atoms with Gasteiger partial charge in [0, 0.05) is 23.8 Å². The number of pyridine rings is 1. The SMILES string of the molecule is CC1(C)CC(c2cccc3cnccc23)=CC(N)C1. The molecule has 19 heavy (non-hydrogen) atoms. The Morgan fingerprint density at radius 3 is 2.89 bits per heavy atom. The van der Waals surface area contributed by atoms with Crippen molar-refractivity contribution in [1.82, 2.24) is 4.98 Å². The van der Waals surface area contributed by atoms with Crippen LogP contribution in [-0.2, 0) is 0 Å². The van der Waals surface area contributed by atoms with Gasteiger partial charge in [-0.2, -0.15) is 0 Å². The van der Waals surface area contributed by atoms with Crippen molar-refractivity contribution in [3.05, 3.63) is 48.3 Å². The summed E-state index contributed by atoms with van der Waals surface area (Å²) in [6.45, 7) is 4.60. The monoisotopic (exact) mass is 252 g/mol. The van der Waals surface area contributed by atoms with Crippen LogP contribution in [0.3, 0.4) is 0 Å². The van der Waals surface area contributed by atoms with E-state index in [-0.39, 0.29) is 11.5 Å². The molecular weight excluding hydrogens is 232 g/mol. The third-order valence-corrected chi connectivity index (χ3v) is 3.90. The Morgan fingerprint density at radius 2 is 2.11 bits per heavy atom. The zero-order valence-electron chi connectivity index (χ0n) is 11.6. The molecule has 2 nitrogen and oxygen atoms in total. The molecule has 1 aromatic heterocycles. The number of nitrogens with zero attached hydrogens (tertiary/aromatic N) is 1. The molecule has 0 spiro atoms. The molecular formula is C17H20N2. The van der Waals surface area contributed by atoms with E-state index in [1.54, 1.807) is 0 Å². The van der Waals surface area contributed by atoms with E-state index in [0.29, 0.717) is 0 Å². The summed E-state index contributed by atoms with van der Waals surface area (Å²) in [7, 11) is 0. The smallest absolute Gasteiger partial charge is 0.0346 e. The van der Waals surface area contributed by atoms with Gasteiger partial charge < -0.3 is 5.73 Å². The van der Waals surface area contributed by atoms with Crippen LogP contribution < -0.4 is 5.73 Å². The number of aromatic nitrogens is 1. The Bertz CT molecular complexity index is 635. The minimum Gasteiger partial charge on any atom is -0.324 e. The third kappa shape index (κ3) is 2.41. The summed E-state index contributed by atoms with van der Waals surface area (Å²) < 4.78 is 0. The summed E-state index contributed by atoms with van der Waals surface area (Å²) in [5.74, 6) is 0. The molecule has 1 heterocycles. The fraction of sp³-hybridized carbons (Fsp3) is 0.353. The molecule has 2 aromatic rings. The van der Waals surface area contributed by atoms with Gasteiger partial charge >= 0.3 is 0 Å². The Hall–Kier alpha value is -1.67. The topological polar surface area (TPSA) is 38.9 Å². The molecule has 0 aliphatic heterocycles. The Morgan fingerprint density at radius 1 is 1.26 bits per heavy atom. The van der Waals surface area contributed by atoms with Crippen LogP contribution >= 0.6 is 0 Å². The summed E-state index contributed by atoms with van der Waals surface area (Å²) in [5.41, 5.74) is 9.15. The van der Waals surface area contributed by atoms with Crippen molar-refractivity contribution < 1.29 is 0 Å². The van der Waals surface area contributed by atoms with Crippen molar-refractivity contribution >= 4 is 16.3 Å². The number of nitrogens with two attached hydrogens (primary N) is 1. The van der Waals surface area contributed by atoms with Gasteiger partial charge in [0.25, 0.3) is 0 Å².